The molecule has 3 rings (SSSR count). The number of nitrogens with zero attached hydrogens (tertiary/aromatic N) is 2. The zero-order valence-electron chi connectivity index (χ0n) is 11.3. The molecule has 0 radical (unpaired) electrons. The normalized spacial score (nSPS) is 21.9. The smallest absolute Gasteiger partial charge is 0.328 e. The average Bonchev–Trinajstić information content (AvgIpc) is 3.30. The van der Waals surface area contributed by atoms with E-state index < -0.39 is 5.54 Å². The van der Waals surface area contributed by atoms with Crippen LogP contribution in [-0.4, -0.2) is 33.7 Å². The first-order chi connectivity index (χ1) is 9.24. The van der Waals surface area contributed by atoms with E-state index in [2.05, 4.69) is 10.3 Å². The van der Waals surface area contributed by atoms with Crippen molar-refractivity contribution in [1.29, 1.82) is 0 Å². The van der Waals surface area contributed by atoms with Crippen LogP contribution in [-0.2, 0) is 16.1 Å². The Kier molecular flexibility index (Phi) is 3.31. The Bertz CT molecular complexity index is 438. The van der Waals surface area contributed by atoms with Gasteiger partial charge >= 0.3 is 5.97 Å². The highest BCUT2D eigenvalue weighted by Crippen LogP contribution is 2.43. The van der Waals surface area contributed by atoms with Crippen LogP contribution in [0.15, 0.2) is 18.7 Å². The second-order valence-electron chi connectivity index (χ2n) is 5.62. The van der Waals surface area contributed by atoms with E-state index in [0.717, 1.165) is 25.7 Å². The van der Waals surface area contributed by atoms with Crippen LogP contribution < -0.4 is 5.32 Å². The predicted octanol–water partition coefficient (Wildman–Crippen LogP) is 1.35. The van der Waals surface area contributed by atoms with Gasteiger partial charge in [0, 0.05) is 18.4 Å². The highest BCUT2D eigenvalue weighted by Gasteiger charge is 2.54. The number of carbonyl (C=O) groups excluding carboxylic acids is 1. The molecule has 2 saturated carbocycles. The van der Waals surface area contributed by atoms with Crippen molar-refractivity contribution in [2.45, 2.75) is 50.7 Å². The van der Waals surface area contributed by atoms with Crippen LogP contribution in [0.25, 0.3) is 0 Å². The minimum absolute atomic E-state index is 0.0990. The zero-order valence-corrected chi connectivity index (χ0v) is 11.3. The average molecular weight is 263 g/mol. The molecule has 5 nitrogen and oxygen atoms in total. The van der Waals surface area contributed by atoms with E-state index in [1.54, 1.807) is 12.5 Å². The summed E-state index contributed by atoms with van der Waals surface area (Å²) < 4.78 is 7.33. The standard InChI is InChI=1S/C14H21N3O2/c1-2-19-13(18)14(11-3-4-11,16-12-5-6-12)9-17-8-7-15-10-17/h7-8,10-12,16H,2-6,9H2,1H3. The lowest BCUT2D eigenvalue weighted by molar-refractivity contribution is -0.153. The maximum Gasteiger partial charge on any atom is 0.328 e. The lowest BCUT2D eigenvalue weighted by Gasteiger charge is -2.33. The molecule has 2 aliphatic rings. The number of nitrogens with one attached hydrogen (secondary N) is 1. The minimum Gasteiger partial charge on any atom is -0.465 e. The molecule has 2 fully saturated rings. The molecule has 0 aliphatic heterocycles. The maximum atomic E-state index is 12.5. The molecule has 0 amide bonds. The maximum absolute atomic E-state index is 12.5. The summed E-state index contributed by atoms with van der Waals surface area (Å²) >= 11 is 0. The summed E-state index contributed by atoms with van der Waals surface area (Å²) in [6, 6.07) is 0.480. The van der Waals surface area contributed by atoms with E-state index in [-0.39, 0.29) is 5.97 Å². The Morgan fingerprint density at radius 2 is 2.26 bits per heavy atom. The number of rotatable bonds is 7. The zero-order chi connectivity index (χ0) is 13.3. The van der Waals surface area contributed by atoms with Gasteiger partial charge in [0.1, 0.15) is 5.54 Å². The van der Waals surface area contributed by atoms with Crippen LogP contribution in [0.5, 0.6) is 0 Å². The van der Waals surface area contributed by atoms with Gasteiger partial charge in [0.25, 0.3) is 0 Å². The molecule has 2 aliphatic carbocycles. The lowest BCUT2D eigenvalue weighted by Crippen LogP contribution is -2.58. The third-order valence-electron chi connectivity index (χ3n) is 3.94. The van der Waals surface area contributed by atoms with Crippen molar-refractivity contribution in [3.8, 4) is 0 Å². The number of imidazole rings is 1. The Morgan fingerprint density at radius 1 is 1.47 bits per heavy atom. The molecular formula is C14H21N3O2. The van der Waals surface area contributed by atoms with Crippen molar-refractivity contribution in [2.75, 3.05) is 6.61 Å². The number of esters is 1. The van der Waals surface area contributed by atoms with E-state index in [1.165, 1.54) is 0 Å². The van der Waals surface area contributed by atoms with E-state index in [0.29, 0.717) is 25.1 Å². The number of hydrogen-bond donors (Lipinski definition) is 1. The molecule has 104 valence electrons. The van der Waals surface area contributed by atoms with Crippen LogP contribution in [0, 0.1) is 5.92 Å². The van der Waals surface area contributed by atoms with Crippen molar-refractivity contribution in [1.82, 2.24) is 14.9 Å². The molecule has 1 atom stereocenters. The molecule has 19 heavy (non-hydrogen) atoms. The predicted molar refractivity (Wildman–Crippen MR) is 70.5 cm³/mol. The van der Waals surface area contributed by atoms with Gasteiger partial charge in [0.2, 0.25) is 0 Å². The van der Waals surface area contributed by atoms with Crippen molar-refractivity contribution < 1.29 is 9.53 Å². The van der Waals surface area contributed by atoms with Gasteiger partial charge in [-0.05, 0) is 38.5 Å². The molecule has 0 aromatic carbocycles. The Labute approximate surface area is 113 Å². The van der Waals surface area contributed by atoms with Crippen molar-refractivity contribution >= 4 is 5.97 Å². The SMILES string of the molecule is CCOC(=O)C(Cn1ccnc1)(NC1CC1)C1CC1. The molecule has 0 saturated heterocycles. The molecule has 1 N–H and O–H groups in total. The second-order valence-corrected chi connectivity index (χ2v) is 5.62. The largest absolute Gasteiger partial charge is 0.465 e. The van der Waals surface area contributed by atoms with Gasteiger partial charge in [-0.25, -0.2) is 9.78 Å². The summed E-state index contributed by atoms with van der Waals surface area (Å²) in [5.74, 6) is 0.299. The van der Waals surface area contributed by atoms with Gasteiger partial charge in [-0.2, -0.15) is 0 Å². The number of hydrogen-bond acceptors (Lipinski definition) is 4. The molecule has 0 bridgehead atoms. The molecule has 1 unspecified atom stereocenters. The fourth-order valence-corrected chi connectivity index (χ4v) is 2.68. The van der Waals surface area contributed by atoms with Gasteiger partial charge in [0.15, 0.2) is 0 Å². The van der Waals surface area contributed by atoms with Gasteiger partial charge in [0.05, 0.1) is 19.5 Å². The van der Waals surface area contributed by atoms with Crippen LogP contribution in [0.1, 0.15) is 32.6 Å². The summed E-state index contributed by atoms with van der Waals surface area (Å²) in [5.41, 5.74) is -0.558. The number of carbonyl (C=O) groups is 1. The van der Waals surface area contributed by atoms with Crippen LogP contribution in [0.3, 0.4) is 0 Å². The van der Waals surface area contributed by atoms with Crippen LogP contribution in [0.2, 0.25) is 0 Å². The van der Waals surface area contributed by atoms with Gasteiger partial charge in [-0.1, -0.05) is 0 Å². The summed E-state index contributed by atoms with van der Waals surface area (Å²) in [6.45, 7) is 2.92. The number of aromatic nitrogens is 2. The lowest BCUT2D eigenvalue weighted by atomic mass is 9.92. The Hall–Kier alpha value is -1.36. The first-order valence-corrected chi connectivity index (χ1v) is 7.15. The van der Waals surface area contributed by atoms with E-state index in [4.69, 9.17) is 4.74 Å². The van der Waals surface area contributed by atoms with E-state index >= 15 is 0 Å². The molecule has 1 aromatic heterocycles. The highest BCUT2D eigenvalue weighted by molar-refractivity contribution is 5.82. The topological polar surface area (TPSA) is 56.2 Å². The Balaban J connectivity index is 1.84. The second kappa shape index (κ2) is 4.96. The monoisotopic (exact) mass is 263 g/mol. The van der Waals surface area contributed by atoms with Gasteiger partial charge in [-0.15, -0.1) is 0 Å². The molecular weight excluding hydrogens is 242 g/mol. The van der Waals surface area contributed by atoms with Crippen molar-refractivity contribution in [3.05, 3.63) is 18.7 Å². The third-order valence-corrected chi connectivity index (χ3v) is 3.94. The highest BCUT2D eigenvalue weighted by atomic mass is 16.5. The molecule has 1 aromatic rings. The van der Waals surface area contributed by atoms with Gasteiger partial charge < -0.3 is 9.30 Å². The summed E-state index contributed by atoms with van der Waals surface area (Å²) in [4.78, 5) is 16.6. The number of ether oxygens (including phenoxy) is 1. The fourth-order valence-electron chi connectivity index (χ4n) is 2.68. The minimum atomic E-state index is -0.558. The van der Waals surface area contributed by atoms with Crippen LogP contribution >= 0.6 is 0 Å². The first kappa shape index (κ1) is 12.7. The molecule has 1 heterocycles. The summed E-state index contributed by atoms with van der Waals surface area (Å²) in [5, 5.41) is 3.57. The van der Waals surface area contributed by atoms with Crippen molar-refractivity contribution in [2.24, 2.45) is 5.92 Å². The van der Waals surface area contributed by atoms with E-state index in [1.807, 2.05) is 17.7 Å². The quantitative estimate of drug-likeness (QED) is 0.754. The molecule has 0 spiro atoms. The summed E-state index contributed by atoms with van der Waals surface area (Å²) in [7, 11) is 0. The third kappa shape index (κ3) is 2.66. The molecule has 5 heteroatoms. The van der Waals surface area contributed by atoms with Crippen molar-refractivity contribution in [3.63, 3.8) is 0 Å². The van der Waals surface area contributed by atoms with Crippen LogP contribution in [0.4, 0.5) is 0 Å². The first-order valence-electron chi connectivity index (χ1n) is 7.15. The summed E-state index contributed by atoms with van der Waals surface area (Å²) in [6.07, 6.45) is 9.96. The van der Waals surface area contributed by atoms with E-state index in [9.17, 15) is 4.79 Å². The fraction of sp³-hybridized carbons (Fsp3) is 0.714. The Morgan fingerprint density at radius 3 is 2.79 bits per heavy atom. The van der Waals surface area contributed by atoms with Gasteiger partial charge in [-0.3, -0.25) is 5.32 Å².